The number of likely N-dealkylation sites (tertiary alicyclic amines) is 1. The topological polar surface area (TPSA) is 29.5 Å². The van der Waals surface area contributed by atoms with Crippen LogP contribution in [0.15, 0.2) is 36.4 Å². The number of hydrogen-bond donors (Lipinski definition) is 0. The molecular weight excluding hydrogens is 298 g/mol. The molecule has 4 rings (SSSR count). The fourth-order valence-electron chi connectivity index (χ4n) is 3.84. The van der Waals surface area contributed by atoms with Crippen molar-refractivity contribution >= 4 is 16.6 Å². The molecule has 24 heavy (non-hydrogen) atoms. The molecule has 0 amide bonds. The molecule has 2 aliphatic rings. The predicted molar refractivity (Wildman–Crippen MR) is 96.7 cm³/mol. The first-order valence-corrected chi connectivity index (χ1v) is 9.07. The van der Waals surface area contributed by atoms with Crippen LogP contribution in [0.1, 0.15) is 36.0 Å². The highest BCUT2D eigenvalue weighted by atomic mass is 16.5. The van der Waals surface area contributed by atoms with Gasteiger partial charge in [0.05, 0.1) is 7.11 Å². The summed E-state index contributed by atoms with van der Waals surface area (Å²) in [7, 11) is 1.68. The van der Waals surface area contributed by atoms with Crippen molar-refractivity contribution in [2.75, 3.05) is 26.7 Å². The van der Waals surface area contributed by atoms with E-state index in [0.29, 0.717) is 5.78 Å². The molecule has 2 aromatic carbocycles. The van der Waals surface area contributed by atoms with Crippen molar-refractivity contribution in [3.05, 3.63) is 42.0 Å². The fourth-order valence-corrected chi connectivity index (χ4v) is 3.84. The van der Waals surface area contributed by atoms with Crippen LogP contribution in [0.3, 0.4) is 0 Å². The third-order valence-electron chi connectivity index (χ3n) is 5.42. The first-order valence-electron chi connectivity index (χ1n) is 9.07. The summed E-state index contributed by atoms with van der Waals surface area (Å²) < 4.78 is 5.27. The summed E-state index contributed by atoms with van der Waals surface area (Å²) in [6.45, 7) is 3.30. The minimum atomic E-state index is 0.160. The van der Waals surface area contributed by atoms with E-state index in [1.807, 2.05) is 36.4 Å². The molecule has 1 saturated carbocycles. The highest BCUT2D eigenvalue weighted by Gasteiger charge is 2.30. The van der Waals surface area contributed by atoms with Crippen LogP contribution in [-0.2, 0) is 0 Å². The Balaban J connectivity index is 1.51. The van der Waals surface area contributed by atoms with Gasteiger partial charge in [-0.15, -0.1) is 0 Å². The first-order chi connectivity index (χ1) is 11.7. The van der Waals surface area contributed by atoms with Crippen molar-refractivity contribution in [3.63, 3.8) is 0 Å². The van der Waals surface area contributed by atoms with Gasteiger partial charge in [0.15, 0.2) is 5.78 Å². The molecule has 1 atom stereocenters. The summed E-state index contributed by atoms with van der Waals surface area (Å²) >= 11 is 0. The lowest BCUT2D eigenvalue weighted by molar-refractivity contribution is 0.0815. The van der Waals surface area contributed by atoms with E-state index in [1.54, 1.807) is 7.11 Å². The van der Waals surface area contributed by atoms with Crippen molar-refractivity contribution in [2.24, 2.45) is 11.8 Å². The standard InChI is InChI=1S/C21H25NO2/c1-24-20-9-8-16-11-18(7-6-17(16)12-20)21(23)19-3-2-10-22(14-19)13-15-4-5-15/h6-9,11-12,15,19H,2-5,10,13-14H2,1H3/t19-/m0/s1. The van der Waals surface area contributed by atoms with E-state index in [-0.39, 0.29) is 5.92 Å². The Bertz CT molecular complexity index is 751. The third-order valence-corrected chi connectivity index (χ3v) is 5.42. The molecule has 0 radical (unpaired) electrons. The average Bonchev–Trinajstić information content (AvgIpc) is 3.44. The van der Waals surface area contributed by atoms with Gasteiger partial charge in [-0.25, -0.2) is 0 Å². The van der Waals surface area contributed by atoms with Gasteiger partial charge in [-0.2, -0.15) is 0 Å². The normalized spacial score (nSPS) is 21.8. The van der Waals surface area contributed by atoms with E-state index in [0.717, 1.165) is 53.9 Å². The highest BCUT2D eigenvalue weighted by Crippen LogP contribution is 2.32. The molecule has 1 aliphatic carbocycles. The molecule has 0 bridgehead atoms. The molecule has 1 aliphatic heterocycles. The molecule has 0 spiro atoms. The van der Waals surface area contributed by atoms with E-state index in [4.69, 9.17) is 4.74 Å². The third kappa shape index (κ3) is 3.32. The Morgan fingerprint density at radius 2 is 1.92 bits per heavy atom. The lowest BCUT2D eigenvalue weighted by Crippen LogP contribution is -2.39. The minimum absolute atomic E-state index is 0.160. The molecule has 3 heteroatoms. The van der Waals surface area contributed by atoms with Crippen LogP contribution in [0.25, 0.3) is 10.8 Å². The van der Waals surface area contributed by atoms with Crippen LogP contribution in [0.5, 0.6) is 5.75 Å². The SMILES string of the molecule is COc1ccc2cc(C(=O)[C@H]3CCCN(CC4CC4)C3)ccc2c1. The number of ketones is 1. The summed E-state index contributed by atoms with van der Waals surface area (Å²) in [6, 6.07) is 12.1. The molecule has 1 heterocycles. The fraction of sp³-hybridized carbons (Fsp3) is 0.476. The second-order valence-electron chi connectivity index (χ2n) is 7.33. The molecule has 2 fully saturated rings. The molecule has 1 saturated heterocycles. The zero-order chi connectivity index (χ0) is 16.5. The van der Waals surface area contributed by atoms with E-state index in [1.165, 1.54) is 19.4 Å². The number of piperidine rings is 1. The van der Waals surface area contributed by atoms with Gasteiger partial charge in [-0.1, -0.05) is 18.2 Å². The summed E-state index contributed by atoms with van der Waals surface area (Å²) in [6.07, 6.45) is 4.93. The second kappa shape index (κ2) is 6.56. The summed E-state index contributed by atoms with van der Waals surface area (Å²) in [4.78, 5) is 15.5. The molecule has 2 aromatic rings. The molecular formula is C21H25NO2. The van der Waals surface area contributed by atoms with Crippen molar-refractivity contribution in [2.45, 2.75) is 25.7 Å². The van der Waals surface area contributed by atoms with Crippen LogP contribution in [0.2, 0.25) is 0 Å². The zero-order valence-corrected chi connectivity index (χ0v) is 14.3. The van der Waals surface area contributed by atoms with Crippen molar-refractivity contribution < 1.29 is 9.53 Å². The maximum Gasteiger partial charge on any atom is 0.167 e. The smallest absolute Gasteiger partial charge is 0.167 e. The lowest BCUT2D eigenvalue weighted by Gasteiger charge is -2.32. The summed E-state index contributed by atoms with van der Waals surface area (Å²) in [5.74, 6) is 2.22. The van der Waals surface area contributed by atoms with Crippen molar-refractivity contribution in [1.29, 1.82) is 0 Å². The van der Waals surface area contributed by atoms with E-state index in [9.17, 15) is 4.79 Å². The van der Waals surface area contributed by atoms with Crippen LogP contribution in [-0.4, -0.2) is 37.4 Å². The van der Waals surface area contributed by atoms with Crippen LogP contribution < -0.4 is 4.74 Å². The second-order valence-corrected chi connectivity index (χ2v) is 7.33. The number of Topliss-reactive ketones (excluding diaryl/α,β-unsaturated/α-hetero) is 1. The number of carbonyl (C=O) groups is 1. The van der Waals surface area contributed by atoms with Crippen LogP contribution in [0.4, 0.5) is 0 Å². The number of fused-ring (bicyclic) bond motifs is 1. The Morgan fingerprint density at radius 3 is 2.71 bits per heavy atom. The minimum Gasteiger partial charge on any atom is -0.497 e. The number of benzene rings is 2. The van der Waals surface area contributed by atoms with Gasteiger partial charge in [0, 0.05) is 24.6 Å². The van der Waals surface area contributed by atoms with Gasteiger partial charge in [0.25, 0.3) is 0 Å². The first kappa shape index (κ1) is 15.6. The van der Waals surface area contributed by atoms with Gasteiger partial charge in [-0.05, 0) is 67.1 Å². The number of carbonyl (C=O) groups excluding carboxylic acids is 1. The largest absolute Gasteiger partial charge is 0.497 e. The van der Waals surface area contributed by atoms with E-state index < -0.39 is 0 Å². The lowest BCUT2D eigenvalue weighted by atomic mass is 9.89. The van der Waals surface area contributed by atoms with Crippen LogP contribution in [0, 0.1) is 11.8 Å². The quantitative estimate of drug-likeness (QED) is 0.774. The van der Waals surface area contributed by atoms with Crippen LogP contribution >= 0.6 is 0 Å². The highest BCUT2D eigenvalue weighted by molar-refractivity contribution is 6.01. The Hall–Kier alpha value is -1.87. The Kier molecular flexibility index (Phi) is 4.28. The summed E-state index contributed by atoms with van der Waals surface area (Å²) in [5.41, 5.74) is 0.853. The Labute approximate surface area is 143 Å². The van der Waals surface area contributed by atoms with Gasteiger partial charge < -0.3 is 9.64 Å². The van der Waals surface area contributed by atoms with Crippen molar-refractivity contribution in [3.8, 4) is 5.75 Å². The number of ether oxygens (including phenoxy) is 1. The number of hydrogen-bond acceptors (Lipinski definition) is 3. The average molecular weight is 323 g/mol. The van der Waals surface area contributed by atoms with Gasteiger partial charge in [0.2, 0.25) is 0 Å². The molecule has 0 unspecified atom stereocenters. The molecule has 126 valence electrons. The molecule has 3 nitrogen and oxygen atoms in total. The number of nitrogens with zero attached hydrogens (tertiary/aromatic N) is 1. The van der Waals surface area contributed by atoms with Gasteiger partial charge >= 0.3 is 0 Å². The monoisotopic (exact) mass is 323 g/mol. The molecule has 0 N–H and O–H groups in total. The number of rotatable bonds is 5. The zero-order valence-electron chi connectivity index (χ0n) is 14.3. The number of methoxy groups -OCH3 is 1. The maximum absolute atomic E-state index is 13.0. The maximum atomic E-state index is 13.0. The molecule has 0 aromatic heterocycles. The predicted octanol–water partition coefficient (Wildman–Crippen LogP) is 4.15. The van der Waals surface area contributed by atoms with Gasteiger partial charge in [-0.3, -0.25) is 4.79 Å². The van der Waals surface area contributed by atoms with E-state index >= 15 is 0 Å². The Morgan fingerprint density at radius 1 is 1.12 bits per heavy atom. The van der Waals surface area contributed by atoms with Gasteiger partial charge in [0.1, 0.15) is 5.75 Å². The van der Waals surface area contributed by atoms with Crippen molar-refractivity contribution in [1.82, 2.24) is 4.90 Å². The van der Waals surface area contributed by atoms with E-state index in [2.05, 4.69) is 4.90 Å². The summed E-state index contributed by atoms with van der Waals surface area (Å²) in [5, 5.41) is 2.22.